The Morgan fingerprint density at radius 3 is 2.19 bits per heavy atom. The van der Waals surface area contributed by atoms with Crippen LogP contribution in [0.2, 0.25) is 5.02 Å². The molecule has 0 spiro atoms. The second kappa shape index (κ2) is 8.47. The zero-order valence-electron chi connectivity index (χ0n) is 16.6. The van der Waals surface area contributed by atoms with E-state index >= 15 is 0 Å². The zero-order chi connectivity index (χ0) is 22.1. The van der Waals surface area contributed by atoms with E-state index in [1.165, 1.54) is 42.5 Å². The minimum Gasteiger partial charge on any atom is -0.272 e. The molecule has 9 heteroatoms. The zero-order valence-corrected chi connectivity index (χ0v) is 17.3. The molecular weight excluding hydrogens is 422 g/mol. The Balaban J connectivity index is 1.75. The van der Waals surface area contributed by atoms with Crippen molar-refractivity contribution in [3.63, 3.8) is 0 Å². The molecule has 0 N–H and O–H groups in total. The lowest BCUT2D eigenvalue weighted by atomic mass is 9.81. The number of hydrogen-bond acceptors (Lipinski definition) is 5. The molecule has 160 valence electrons. The van der Waals surface area contributed by atoms with Crippen molar-refractivity contribution in [1.82, 2.24) is 10.0 Å². The van der Waals surface area contributed by atoms with Gasteiger partial charge in [0.25, 0.3) is 23.4 Å². The Hall–Kier alpha value is -3.26. The fourth-order valence-electron chi connectivity index (χ4n) is 4.34. The van der Waals surface area contributed by atoms with Crippen LogP contribution < -0.4 is 0 Å². The predicted octanol–water partition coefficient (Wildman–Crippen LogP) is 3.98. The van der Waals surface area contributed by atoms with E-state index in [0.717, 1.165) is 22.9 Å². The van der Waals surface area contributed by atoms with E-state index in [0.29, 0.717) is 17.9 Å². The normalized spacial score (nSPS) is 20.5. The van der Waals surface area contributed by atoms with Crippen molar-refractivity contribution in [2.75, 3.05) is 0 Å². The van der Waals surface area contributed by atoms with Crippen molar-refractivity contribution in [2.24, 2.45) is 11.8 Å². The number of benzene rings is 2. The fourth-order valence-corrected chi connectivity index (χ4v) is 4.47. The molecule has 1 saturated carbocycles. The first kappa shape index (κ1) is 21.0. The number of nitro benzene ring substituents is 1. The lowest BCUT2D eigenvalue weighted by molar-refractivity contribution is -0.385. The molecule has 1 aliphatic heterocycles. The van der Waals surface area contributed by atoms with Crippen molar-refractivity contribution in [3.05, 3.63) is 74.8 Å². The molecule has 2 atom stereocenters. The van der Waals surface area contributed by atoms with E-state index in [9.17, 15) is 24.5 Å². The van der Waals surface area contributed by atoms with E-state index in [-0.39, 0.29) is 23.4 Å². The number of imide groups is 1. The average molecular weight is 442 g/mol. The van der Waals surface area contributed by atoms with E-state index < -0.39 is 34.5 Å². The SMILES string of the molecule is O=C(c1ccc(Cl)cc1)N(Cc1ccccc1[N+](=O)[O-])N1C(=O)[C@H]2CCCC[C@H]2C1=O. The molecule has 0 radical (unpaired) electrons. The van der Waals surface area contributed by atoms with Gasteiger partial charge in [-0.3, -0.25) is 24.5 Å². The first-order valence-corrected chi connectivity index (χ1v) is 10.4. The van der Waals surface area contributed by atoms with Crippen molar-refractivity contribution in [3.8, 4) is 0 Å². The fraction of sp³-hybridized carbons (Fsp3) is 0.318. The van der Waals surface area contributed by atoms with E-state index in [1.54, 1.807) is 6.07 Å². The third-order valence-corrected chi connectivity index (χ3v) is 6.15. The van der Waals surface area contributed by atoms with Crippen molar-refractivity contribution < 1.29 is 19.3 Å². The highest BCUT2D eigenvalue weighted by atomic mass is 35.5. The second-order valence-electron chi connectivity index (χ2n) is 7.74. The minimum absolute atomic E-state index is 0.187. The Labute approximate surface area is 183 Å². The summed E-state index contributed by atoms with van der Waals surface area (Å²) in [4.78, 5) is 50.6. The number of amides is 3. The molecule has 0 aromatic heterocycles. The molecule has 1 heterocycles. The molecular formula is C22H20ClN3O5. The van der Waals surface area contributed by atoms with Crippen molar-refractivity contribution in [1.29, 1.82) is 0 Å². The number of nitrogens with zero attached hydrogens (tertiary/aromatic N) is 3. The van der Waals surface area contributed by atoms with Gasteiger partial charge in [-0.15, -0.1) is 0 Å². The molecule has 0 bridgehead atoms. The smallest absolute Gasteiger partial charge is 0.272 e. The summed E-state index contributed by atoms with van der Waals surface area (Å²) in [6.45, 7) is -0.282. The molecule has 2 aliphatic rings. The van der Waals surface area contributed by atoms with Gasteiger partial charge in [0.05, 0.1) is 28.9 Å². The van der Waals surface area contributed by atoms with Gasteiger partial charge in [-0.2, -0.15) is 5.01 Å². The highest BCUT2D eigenvalue weighted by Crippen LogP contribution is 2.39. The lowest BCUT2D eigenvalue weighted by Crippen LogP contribution is -2.49. The van der Waals surface area contributed by atoms with E-state index in [2.05, 4.69) is 0 Å². The van der Waals surface area contributed by atoms with Gasteiger partial charge in [-0.05, 0) is 37.1 Å². The molecule has 8 nitrogen and oxygen atoms in total. The average Bonchev–Trinajstić information content (AvgIpc) is 3.03. The topological polar surface area (TPSA) is 101 Å². The predicted molar refractivity (Wildman–Crippen MR) is 112 cm³/mol. The van der Waals surface area contributed by atoms with Crippen molar-refractivity contribution in [2.45, 2.75) is 32.2 Å². The summed E-state index contributed by atoms with van der Waals surface area (Å²) in [5.41, 5.74) is 0.261. The quantitative estimate of drug-likeness (QED) is 0.397. The lowest BCUT2D eigenvalue weighted by Gasteiger charge is -2.30. The van der Waals surface area contributed by atoms with Crippen LogP contribution in [0.15, 0.2) is 48.5 Å². The summed E-state index contributed by atoms with van der Waals surface area (Å²) >= 11 is 5.92. The van der Waals surface area contributed by atoms with Crippen LogP contribution in [0.3, 0.4) is 0 Å². The van der Waals surface area contributed by atoms with Crippen LogP contribution in [0.1, 0.15) is 41.6 Å². The van der Waals surface area contributed by atoms with Crippen LogP contribution in [0.4, 0.5) is 5.69 Å². The van der Waals surface area contributed by atoms with Gasteiger partial charge in [0.1, 0.15) is 0 Å². The number of hydrogen-bond donors (Lipinski definition) is 0. The largest absolute Gasteiger partial charge is 0.274 e. The molecule has 31 heavy (non-hydrogen) atoms. The number of nitro groups is 1. The Kier molecular flexibility index (Phi) is 5.73. The van der Waals surface area contributed by atoms with E-state index in [4.69, 9.17) is 11.6 Å². The van der Waals surface area contributed by atoms with Crippen LogP contribution >= 0.6 is 11.6 Å². The first-order chi connectivity index (χ1) is 14.9. The summed E-state index contributed by atoms with van der Waals surface area (Å²) in [5.74, 6) is -2.35. The molecule has 4 rings (SSSR count). The maximum atomic E-state index is 13.4. The molecule has 2 aromatic rings. The first-order valence-electron chi connectivity index (χ1n) is 10.1. The van der Waals surface area contributed by atoms with Crippen LogP contribution in [0, 0.1) is 22.0 Å². The number of halogens is 1. The van der Waals surface area contributed by atoms with Gasteiger partial charge in [0, 0.05) is 16.7 Å². The van der Waals surface area contributed by atoms with Gasteiger partial charge in [-0.25, -0.2) is 5.01 Å². The molecule has 0 unspecified atom stereocenters. The molecule has 2 aromatic carbocycles. The summed E-state index contributed by atoms with van der Waals surface area (Å²) in [6, 6.07) is 12.0. The molecule has 1 aliphatic carbocycles. The summed E-state index contributed by atoms with van der Waals surface area (Å²) < 4.78 is 0. The summed E-state index contributed by atoms with van der Waals surface area (Å²) in [7, 11) is 0. The second-order valence-corrected chi connectivity index (χ2v) is 8.18. The van der Waals surface area contributed by atoms with Gasteiger partial charge in [0.15, 0.2) is 0 Å². The van der Waals surface area contributed by atoms with Gasteiger partial charge < -0.3 is 0 Å². The van der Waals surface area contributed by atoms with Gasteiger partial charge in [0.2, 0.25) is 0 Å². The summed E-state index contributed by atoms with van der Waals surface area (Å²) in [5, 5.41) is 13.9. The number of rotatable bonds is 5. The Bertz CT molecular complexity index is 1030. The number of para-hydroxylation sites is 1. The molecule has 3 amide bonds. The van der Waals surface area contributed by atoms with Crippen LogP contribution in [0.5, 0.6) is 0 Å². The highest BCUT2D eigenvalue weighted by molar-refractivity contribution is 6.30. The van der Waals surface area contributed by atoms with Crippen LogP contribution in [-0.2, 0) is 16.1 Å². The van der Waals surface area contributed by atoms with Crippen molar-refractivity contribution >= 4 is 35.0 Å². The Morgan fingerprint density at radius 2 is 1.61 bits per heavy atom. The molecule has 2 fully saturated rings. The number of carbonyl (C=O) groups is 3. The van der Waals surface area contributed by atoms with Crippen LogP contribution in [-0.4, -0.2) is 32.7 Å². The van der Waals surface area contributed by atoms with Crippen LogP contribution in [0.25, 0.3) is 0 Å². The van der Waals surface area contributed by atoms with Gasteiger partial charge in [-0.1, -0.05) is 42.6 Å². The number of hydrazine groups is 1. The number of carbonyl (C=O) groups excluding carboxylic acids is 3. The third kappa shape index (κ3) is 3.90. The Morgan fingerprint density at radius 1 is 1.03 bits per heavy atom. The maximum Gasteiger partial charge on any atom is 0.274 e. The highest BCUT2D eigenvalue weighted by Gasteiger charge is 2.51. The standard InChI is InChI=1S/C22H20ClN3O5/c23-16-11-9-14(10-12-16)20(27)24(13-15-5-1-4-8-19(15)26(30)31)25-21(28)17-6-2-3-7-18(17)22(25)29/h1,4-5,8-12,17-18H,2-3,6-7,13H2/t17-,18+. The monoisotopic (exact) mass is 441 g/mol. The summed E-state index contributed by atoms with van der Waals surface area (Å²) in [6.07, 6.45) is 2.90. The minimum atomic E-state index is -0.602. The number of fused-ring (bicyclic) bond motifs is 1. The van der Waals surface area contributed by atoms with E-state index in [1.807, 2.05) is 0 Å². The third-order valence-electron chi connectivity index (χ3n) is 5.89. The molecule has 1 saturated heterocycles. The van der Waals surface area contributed by atoms with Gasteiger partial charge >= 0.3 is 0 Å². The maximum absolute atomic E-state index is 13.4.